The molecule has 1 unspecified atom stereocenters. The van der Waals surface area contributed by atoms with E-state index in [1.54, 1.807) is 25.6 Å². The van der Waals surface area contributed by atoms with Crippen LogP contribution in [0.15, 0.2) is 42.7 Å². The molecule has 140 valence electrons. The van der Waals surface area contributed by atoms with Gasteiger partial charge >= 0.3 is 0 Å². The molecule has 0 fully saturated rings. The van der Waals surface area contributed by atoms with Gasteiger partial charge in [0.1, 0.15) is 17.2 Å². The van der Waals surface area contributed by atoms with Gasteiger partial charge in [0.25, 0.3) is 0 Å². The summed E-state index contributed by atoms with van der Waals surface area (Å²) in [4.78, 5) is 7.33. The lowest BCUT2D eigenvalue weighted by Gasteiger charge is -2.34. The Morgan fingerprint density at radius 3 is 2.74 bits per heavy atom. The third-order valence-electron chi connectivity index (χ3n) is 4.86. The number of halogens is 1. The van der Waals surface area contributed by atoms with Crippen molar-refractivity contribution in [1.29, 1.82) is 0 Å². The Kier molecular flexibility index (Phi) is 4.95. The van der Waals surface area contributed by atoms with E-state index in [1.165, 1.54) is 12.1 Å². The van der Waals surface area contributed by atoms with Crippen molar-refractivity contribution in [2.24, 2.45) is 0 Å². The van der Waals surface area contributed by atoms with Gasteiger partial charge in [-0.15, -0.1) is 6.42 Å². The monoisotopic (exact) mass is 366 g/mol. The van der Waals surface area contributed by atoms with Crippen molar-refractivity contribution in [3.05, 3.63) is 59.8 Å². The first kappa shape index (κ1) is 18.9. The van der Waals surface area contributed by atoms with Gasteiger partial charge in [0.05, 0.1) is 18.8 Å². The first-order valence-corrected chi connectivity index (χ1v) is 8.72. The molecule has 2 N–H and O–H groups in total. The van der Waals surface area contributed by atoms with E-state index in [0.717, 1.165) is 16.6 Å². The SMILES string of the molecule is C#CC(O)(Cc1cc2ccncc2[nH]1)CC(C)(C)c1cc(F)ccc1OC. The summed E-state index contributed by atoms with van der Waals surface area (Å²) in [5, 5.41) is 12.1. The molecule has 2 aromatic heterocycles. The van der Waals surface area contributed by atoms with Crippen LogP contribution >= 0.6 is 0 Å². The van der Waals surface area contributed by atoms with Crippen LogP contribution in [-0.4, -0.2) is 27.8 Å². The minimum Gasteiger partial charge on any atom is -0.496 e. The summed E-state index contributed by atoms with van der Waals surface area (Å²) < 4.78 is 19.2. The minimum absolute atomic E-state index is 0.240. The molecule has 1 aromatic carbocycles. The molecule has 0 spiro atoms. The Morgan fingerprint density at radius 2 is 2.07 bits per heavy atom. The smallest absolute Gasteiger partial charge is 0.131 e. The van der Waals surface area contributed by atoms with Crippen LogP contribution in [0.3, 0.4) is 0 Å². The molecule has 0 amide bonds. The van der Waals surface area contributed by atoms with Crippen molar-refractivity contribution >= 4 is 10.9 Å². The molecule has 0 saturated heterocycles. The standard InChI is InChI=1S/C22H23FN2O2/c1-5-22(26,12-17-10-15-8-9-24-13-19(15)25-17)14-21(2,3)18-11-16(23)6-7-20(18)27-4/h1,6-11,13,25-26H,12,14H2,2-4H3. The van der Waals surface area contributed by atoms with Crippen LogP contribution in [0, 0.1) is 18.2 Å². The Bertz CT molecular complexity index is 970. The topological polar surface area (TPSA) is 58.1 Å². The molecule has 2 heterocycles. The van der Waals surface area contributed by atoms with Gasteiger partial charge in [0, 0.05) is 29.3 Å². The predicted molar refractivity (Wildman–Crippen MR) is 104 cm³/mol. The number of fused-ring (bicyclic) bond motifs is 1. The Labute approximate surface area is 158 Å². The molecule has 0 aliphatic heterocycles. The number of ether oxygens (including phenoxy) is 1. The second-order valence-corrected chi connectivity index (χ2v) is 7.52. The predicted octanol–water partition coefficient (Wildman–Crippen LogP) is 3.99. The fraction of sp³-hybridized carbons (Fsp3) is 0.318. The van der Waals surface area contributed by atoms with Gasteiger partial charge in [-0.1, -0.05) is 19.8 Å². The highest BCUT2D eigenvalue weighted by molar-refractivity contribution is 5.79. The average Bonchev–Trinajstić information content (AvgIpc) is 3.03. The van der Waals surface area contributed by atoms with Crippen molar-refractivity contribution in [3.8, 4) is 18.1 Å². The number of hydrogen-bond donors (Lipinski definition) is 2. The van der Waals surface area contributed by atoms with E-state index in [2.05, 4.69) is 15.9 Å². The number of aromatic amines is 1. The summed E-state index contributed by atoms with van der Waals surface area (Å²) in [7, 11) is 1.54. The van der Waals surface area contributed by atoms with E-state index in [1.807, 2.05) is 26.0 Å². The highest BCUT2D eigenvalue weighted by Crippen LogP contribution is 2.39. The third kappa shape index (κ3) is 3.96. The summed E-state index contributed by atoms with van der Waals surface area (Å²) >= 11 is 0. The summed E-state index contributed by atoms with van der Waals surface area (Å²) in [6.45, 7) is 3.84. The number of aliphatic hydroxyl groups is 1. The summed E-state index contributed by atoms with van der Waals surface area (Å²) in [5.41, 5.74) is 0.356. The van der Waals surface area contributed by atoms with Gasteiger partial charge in [0.15, 0.2) is 0 Å². The molecule has 1 atom stereocenters. The Balaban J connectivity index is 1.90. The van der Waals surface area contributed by atoms with Crippen LogP contribution in [0.5, 0.6) is 5.75 Å². The first-order chi connectivity index (χ1) is 12.8. The van der Waals surface area contributed by atoms with Gasteiger partial charge in [-0.25, -0.2) is 4.39 Å². The summed E-state index contributed by atoms with van der Waals surface area (Å²) in [5.74, 6) is 2.75. The summed E-state index contributed by atoms with van der Waals surface area (Å²) in [6.07, 6.45) is 9.64. The van der Waals surface area contributed by atoms with Crippen molar-refractivity contribution in [3.63, 3.8) is 0 Å². The van der Waals surface area contributed by atoms with Gasteiger partial charge in [0.2, 0.25) is 0 Å². The zero-order valence-corrected chi connectivity index (χ0v) is 15.7. The van der Waals surface area contributed by atoms with Crippen LogP contribution in [0.2, 0.25) is 0 Å². The number of benzene rings is 1. The molecule has 0 bridgehead atoms. The lowest BCUT2D eigenvalue weighted by Crippen LogP contribution is -2.37. The van der Waals surface area contributed by atoms with Crippen LogP contribution in [0.4, 0.5) is 4.39 Å². The van der Waals surface area contributed by atoms with Crippen LogP contribution in [-0.2, 0) is 11.8 Å². The maximum atomic E-state index is 13.8. The molecule has 0 radical (unpaired) electrons. The number of nitrogens with one attached hydrogen (secondary N) is 1. The molecule has 4 nitrogen and oxygen atoms in total. The average molecular weight is 366 g/mol. The zero-order valence-electron chi connectivity index (χ0n) is 15.7. The number of terminal acetylenes is 1. The van der Waals surface area contributed by atoms with E-state index in [4.69, 9.17) is 11.2 Å². The molecule has 0 aliphatic rings. The molecular formula is C22H23FN2O2. The molecule has 3 aromatic rings. The van der Waals surface area contributed by atoms with Crippen molar-refractivity contribution in [1.82, 2.24) is 9.97 Å². The zero-order chi connectivity index (χ0) is 19.7. The molecular weight excluding hydrogens is 343 g/mol. The highest BCUT2D eigenvalue weighted by atomic mass is 19.1. The van der Waals surface area contributed by atoms with Crippen molar-refractivity contribution < 1.29 is 14.2 Å². The number of H-pyrrole nitrogens is 1. The van der Waals surface area contributed by atoms with Crippen LogP contribution in [0.1, 0.15) is 31.5 Å². The fourth-order valence-electron chi connectivity index (χ4n) is 3.64. The second-order valence-electron chi connectivity index (χ2n) is 7.52. The van der Waals surface area contributed by atoms with Crippen molar-refractivity contribution in [2.45, 2.75) is 37.7 Å². The van der Waals surface area contributed by atoms with E-state index in [-0.39, 0.29) is 18.7 Å². The third-order valence-corrected chi connectivity index (χ3v) is 4.86. The number of pyridine rings is 1. The number of nitrogens with zero attached hydrogens (tertiary/aromatic N) is 1. The largest absolute Gasteiger partial charge is 0.496 e. The van der Waals surface area contributed by atoms with Crippen molar-refractivity contribution in [2.75, 3.05) is 7.11 Å². The lowest BCUT2D eigenvalue weighted by atomic mass is 9.73. The number of methoxy groups -OCH3 is 1. The number of rotatable bonds is 6. The maximum absolute atomic E-state index is 13.8. The number of aromatic nitrogens is 2. The van der Waals surface area contributed by atoms with E-state index in [9.17, 15) is 9.50 Å². The first-order valence-electron chi connectivity index (χ1n) is 8.72. The van der Waals surface area contributed by atoms with E-state index >= 15 is 0 Å². The van der Waals surface area contributed by atoms with Gasteiger partial charge in [-0.3, -0.25) is 4.98 Å². The minimum atomic E-state index is -1.41. The van der Waals surface area contributed by atoms with Gasteiger partial charge < -0.3 is 14.8 Å². The van der Waals surface area contributed by atoms with Gasteiger partial charge in [-0.2, -0.15) is 0 Å². The van der Waals surface area contributed by atoms with E-state index < -0.39 is 11.0 Å². The van der Waals surface area contributed by atoms with Gasteiger partial charge in [-0.05, 0) is 42.2 Å². The molecule has 27 heavy (non-hydrogen) atoms. The second kappa shape index (κ2) is 7.05. The highest BCUT2D eigenvalue weighted by Gasteiger charge is 2.36. The summed E-state index contributed by atoms with van der Waals surface area (Å²) in [6, 6.07) is 8.22. The molecule has 5 heteroatoms. The number of hydrogen-bond acceptors (Lipinski definition) is 3. The molecule has 3 rings (SSSR count). The lowest BCUT2D eigenvalue weighted by molar-refractivity contribution is 0.0690. The van der Waals surface area contributed by atoms with E-state index in [0.29, 0.717) is 11.3 Å². The van der Waals surface area contributed by atoms with Crippen LogP contribution < -0.4 is 4.74 Å². The normalized spacial score (nSPS) is 13.9. The maximum Gasteiger partial charge on any atom is 0.131 e. The molecule has 0 saturated carbocycles. The Hall–Kier alpha value is -2.84. The van der Waals surface area contributed by atoms with Crippen LogP contribution in [0.25, 0.3) is 10.9 Å². The Morgan fingerprint density at radius 1 is 1.30 bits per heavy atom. The fourth-order valence-corrected chi connectivity index (χ4v) is 3.64. The quantitative estimate of drug-likeness (QED) is 0.649. The molecule has 0 aliphatic carbocycles.